The normalized spacial score (nSPS) is 12.0. The number of alkyl halides is 2. The average molecular weight is 295 g/mol. The molecular weight excluding hydrogens is 280 g/mol. The highest BCUT2D eigenvalue weighted by Gasteiger charge is 2.13. The second-order valence-corrected chi connectivity index (χ2v) is 5.43. The zero-order valence-corrected chi connectivity index (χ0v) is 10.9. The van der Waals surface area contributed by atoms with Crippen molar-refractivity contribution in [3.8, 4) is 0 Å². The summed E-state index contributed by atoms with van der Waals surface area (Å²) in [7, 11) is -3.69. The molecule has 1 rings (SSSR count). The van der Waals surface area contributed by atoms with Crippen LogP contribution in [0.5, 0.6) is 0 Å². The Hall–Kier alpha value is -1.09. The maximum Gasteiger partial charge on any atom is 0.261 e. The van der Waals surface area contributed by atoms with Crippen LogP contribution in [-0.2, 0) is 21.4 Å². The maximum atomic E-state index is 11.8. The first-order chi connectivity index (χ1) is 8.95. The van der Waals surface area contributed by atoms with E-state index in [1.54, 1.807) is 0 Å². The zero-order chi connectivity index (χ0) is 14.3. The lowest BCUT2D eigenvalue weighted by Crippen LogP contribution is -2.28. The highest BCUT2D eigenvalue weighted by atomic mass is 32.2. The number of hydrogen-bond acceptors (Lipinski definition) is 4. The summed E-state index contributed by atoms with van der Waals surface area (Å²) in [5, 5.41) is 8.83. The van der Waals surface area contributed by atoms with E-state index in [1.807, 2.05) is 0 Å². The Morgan fingerprint density at radius 2 is 1.89 bits per heavy atom. The molecule has 0 saturated heterocycles. The van der Waals surface area contributed by atoms with Gasteiger partial charge in [0, 0.05) is 6.54 Å². The summed E-state index contributed by atoms with van der Waals surface area (Å²) >= 11 is 0. The molecule has 108 valence electrons. The predicted octanol–water partition coefficient (Wildman–Crippen LogP) is 0.739. The number of aliphatic hydroxyl groups excluding tert-OH is 1. The van der Waals surface area contributed by atoms with Crippen LogP contribution in [0.2, 0.25) is 0 Å². The molecule has 1 aromatic rings. The van der Waals surface area contributed by atoms with Gasteiger partial charge in [-0.2, -0.15) is 0 Å². The Morgan fingerprint density at radius 1 is 1.26 bits per heavy atom. The lowest BCUT2D eigenvalue weighted by Gasteiger charge is -2.07. The minimum atomic E-state index is -3.69. The van der Waals surface area contributed by atoms with Gasteiger partial charge in [0.05, 0.1) is 18.1 Å². The number of benzene rings is 1. The molecule has 0 aliphatic rings. The molecular formula is C11H15F2NO4S. The molecule has 19 heavy (non-hydrogen) atoms. The molecule has 0 aliphatic heterocycles. The van der Waals surface area contributed by atoms with Gasteiger partial charge >= 0.3 is 0 Å². The third kappa shape index (κ3) is 5.60. The molecule has 0 heterocycles. The number of halogens is 2. The predicted molar refractivity (Wildman–Crippen MR) is 64.4 cm³/mol. The van der Waals surface area contributed by atoms with E-state index in [-0.39, 0.29) is 24.7 Å². The highest BCUT2D eigenvalue weighted by molar-refractivity contribution is 7.89. The summed E-state index contributed by atoms with van der Waals surface area (Å²) < 4.78 is 53.8. The first-order valence-electron chi connectivity index (χ1n) is 5.51. The summed E-state index contributed by atoms with van der Waals surface area (Å²) in [6.07, 6.45) is -2.57. The van der Waals surface area contributed by atoms with Gasteiger partial charge < -0.3 is 9.84 Å². The van der Waals surface area contributed by atoms with Crippen LogP contribution >= 0.6 is 0 Å². The second kappa shape index (κ2) is 7.49. The Bertz CT molecular complexity index is 476. The van der Waals surface area contributed by atoms with Crippen LogP contribution in [0, 0.1) is 0 Å². The molecule has 5 nitrogen and oxygen atoms in total. The monoisotopic (exact) mass is 295 g/mol. The number of nitrogens with one attached hydrogen (secondary N) is 1. The first kappa shape index (κ1) is 16.0. The van der Waals surface area contributed by atoms with Crippen molar-refractivity contribution in [3.63, 3.8) is 0 Å². The van der Waals surface area contributed by atoms with Crippen molar-refractivity contribution in [2.24, 2.45) is 0 Å². The minimum Gasteiger partial charge on any atom is -0.392 e. The van der Waals surface area contributed by atoms with Gasteiger partial charge in [-0.05, 0) is 17.7 Å². The van der Waals surface area contributed by atoms with Crippen molar-refractivity contribution in [2.75, 3.05) is 19.8 Å². The van der Waals surface area contributed by atoms with Crippen LogP contribution in [-0.4, -0.2) is 39.7 Å². The van der Waals surface area contributed by atoms with Gasteiger partial charge in [0.25, 0.3) is 6.43 Å². The van der Waals surface area contributed by atoms with Crippen molar-refractivity contribution in [1.29, 1.82) is 0 Å². The average Bonchev–Trinajstić information content (AvgIpc) is 2.38. The third-order valence-corrected chi connectivity index (χ3v) is 3.68. The van der Waals surface area contributed by atoms with Gasteiger partial charge in [-0.25, -0.2) is 21.9 Å². The third-order valence-electron chi connectivity index (χ3n) is 2.20. The molecule has 0 atom stereocenters. The number of aliphatic hydroxyl groups is 1. The summed E-state index contributed by atoms with van der Waals surface area (Å²) in [6, 6.07) is 5.69. The van der Waals surface area contributed by atoms with E-state index < -0.39 is 23.1 Å². The summed E-state index contributed by atoms with van der Waals surface area (Å²) in [6.45, 7) is -1.10. The lowest BCUT2D eigenvalue weighted by molar-refractivity contribution is 0.0199. The molecule has 0 aromatic heterocycles. The van der Waals surface area contributed by atoms with Crippen molar-refractivity contribution in [2.45, 2.75) is 17.9 Å². The molecule has 0 saturated carbocycles. The highest BCUT2D eigenvalue weighted by Crippen LogP contribution is 2.10. The lowest BCUT2D eigenvalue weighted by atomic mass is 10.2. The Labute approximate surface area is 110 Å². The van der Waals surface area contributed by atoms with Crippen LogP contribution in [0.4, 0.5) is 8.78 Å². The smallest absolute Gasteiger partial charge is 0.261 e. The number of hydrogen-bond donors (Lipinski definition) is 2. The van der Waals surface area contributed by atoms with Gasteiger partial charge in [0.15, 0.2) is 0 Å². The van der Waals surface area contributed by atoms with E-state index in [1.165, 1.54) is 24.3 Å². The zero-order valence-electron chi connectivity index (χ0n) is 10.1. The second-order valence-electron chi connectivity index (χ2n) is 3.67. The van der Waals surface area contributed by atoms with Gasteiger partial charge in [-0.3, -0.25) is 0 Å². The van der Waals surface area contributed by atoms with E-state index >= 15 is 0 Å². The van der Waals surface area contributed by atoms with E-state index in [0.29, 0.717) is 5.56 Å². The van der Waals surface area contributed by atoms with Gasteiger partial charge in [-0.15, -0.1) is 0 Å². The largest absolute Gasteiger partial charge is 0.392 e. The fourth-order valence-electron chi connectivity index (χ4n) is 1.28. The van der Waals surface area contributed by atoms with Crippen LogP contribution < -0.4 is 4.72 Å². The number of rotatable bonds is 8. The summed E-state index contributed by atoms with van der Waals surface area (Å²) in [5.74, 6) is 0. The summed E-state index contributed by atoms with van der Waals surface area (Å²) in [4.78, 5) is 0.0403. The molecule has 0 spiro atoms. The van der Waals surface area contributed by atoms with Crippen LogP contribution in [0.3, 0.4) is 0 Å². The fourth-order valence-corrected chi connectivity index (χ4v) is 2.29. The van der Waals surface area contributed by atoms with Crippen molar-refractivity contribution in [3.05, 3.63) is 29.8 Å². The molecule has 0 fully saturated rings. The first-order valence-corrected chi connectivity index (χ1v) is 6.99. The Balaban J connectivity index is 2.46. The van der Waals surface area contributed by atoms with Crippen LogP contribution in [0.15, 0.2) is 29.2 Å². The Kier molecular flexibility index (Phi) is 6.29. The topological polar surface area (TPSA) is 75.6 Å². The molecule has 2 N–H and O–H groups in total. The van der Waals surface area contributed by atoms with Crippen molar-refractivity contribution < 1.29 is 27.0 Å². The van der Waals surface area contributed by atoms with Gasteiger partial charge in [0.1, 0.15) is 6.61 Å². The van der Waals surface area contributed by atoms with Crippen molar-refractivity contribution in [1.82, 2.24) is 4.72 Å². The maximum absolute atomic E-state index is 11.8. The van der Waals surface area contributed by atoms with Crippen molar-refractivity contribution >= 4 is 10.0 Å². The molecule has 0 bridgehead atoms. The molecule has 1 aromatic carbocycles. The molecule has 0 unspecified atom stereocenters. The number of sulfonamides is 1. The quantitative estimate of drug-likeness (QED) is 0.694. The van der Waals surface area contributed by atoms with E-state index in [4.69, 9.17) is 5.11 Å². The van der Waals surface area contributed by atoms with E-state index in [9.17, 15) is 17.2 Å². The van der Waals surface area contributed by atoms with Gasteiger partial charge in [-0.1, -0.05) is 12.1 Å². The van der Waals surface area contributed by atoms with Crippen LogP contribution in [0.1, 0.15) is 5.56 Å². The molecule has 0 radical (unpaired) electrons. The van der Waals surface area contributed by atoms with Gasteiger partial charge in [0.2, 0.25) is 10.0 Å². The SMILES string of the molecule is O=S(=O)(NCCOCC(F)F)c1ccc(CO)cc1. The number of ether oxygens (including phenoxy) is 1. The fraction of sp³-hybridized carbons (Fsp3) is 0.455. The molecule has 8 heteroatoms. The molecule has 0 amide bonds. The standard InChI is InChI=1S/C11H15F2NO4S/c12-11(13)8-18-6-5-14-19(16,17)10-3-1-9(7-15)2-4-10/h1-4,11,14-15H,5-8H2. The van der Waals surface area contributed by atoms with E-state index in [2.05, 4.69) is 9.46 Å². The minimum absolute atomic E-state index is 0.0403. The van der Waals surface area contributed by atoms with Crippen LogP contribution in [0.25, 0.3) is 0 Å². The Morgan fingerprint density at radius 3 is 2.42 bits per heavy atom. The van der Waals surface area contributed by atoms with E-state index in [0.717, 1.165) is 0 Å². The summed E-state index contributed by atoms with van der Waals surface area (Å²) in [5.41, 5.74) is 0.596. The molecule has 0 aliphatic carbocycles.